The van der Waals surface area contributed by atoms with Crippen molar-refractivity contribution in [2.75, 3.05) is 12.0 Å². The normalized spacial score (nSPS) is 11.4. The van der Waals surface area contributed by atoms with Gasteiger partial charge in [-0.2, -0.15) is 0 Å². The quantitative estimate of drug-likeness (QED) is 0.770. The molecule has 0 fully saturated rings. The average Bonchev–Trinajstić information content (AvgIpc) is 2.84. The van der Waals surface area contributed by atoms with Crippen molar-refractivity contribution in [3.8, 4) is 0 Å². The van der Waals surface area contributed by atoms with Crippen molar-refractivity contribution in [2.45, 2.75) is 6.54 Å². The molecular weight excluding hydrogens is 264 g/mol. The number of aromatic nitrogens is 2. The minimum Gasteiger partial charge on any atom is -0.327 e. The van der Waals surface area contributed by atoms with Gasteiger partial charge in [-0.25, -0.2) is 13.4 Å². The summed E-state index contributed by atoms with van der Waals surface area (Å²) in [4.78, 5) is 16.2. The highest BCUT2D eigenvalue weighted by Crippen LogP contribution is 2.08. The largest absolute Gasteiger partial charge is 0.327 e. The van der Waals surface area contributed by atoms with Crippen molar-refractivity contribution in [3.05, 3.63) is 54.1 Å². The van der Waals surface area contributed by atoms with Gasteiger partial charge in [0.25, 0.3) is 0 Å². The monoisotopic (exact) mass is 278 g/mol. The molecule has 0 aliphatic carbocycles. The van der Waals surface area contributed by atoms with Gasteiger partial charge in [0.1, 0.15) is 9.84 Å². The van der Waals surface area contributed by atoms with Gasteiger partial charge in [0.15, 0.2) is 5.82 Å². The first kappa shape index (κ1) is 13.5. The Bertz CT molecular complexity index is 675. The maximum Gasteiger partial charge on any atom is 0.228 e. The van der Waals surface area contributed by atoms with Crippen LogP contribution in [-0.2, 0) is 16.4 Å². The van der Waals surface area contributed by atoms with Crippen LogP contribution < -0.4 is 0 Å². The van der Waals surface area contributed by atoms with E-state index in [4.69, 9.17) is 0 Å². The lowest BCUT2D eigenvalue weighted by atomic mass is 10.1. The molecule has 2 rings (SSSR count). The van der Waals surface area contributed by atoms with Gasteiger partial charge in [0.2, 0.25) is 5.78 Å². The van der Waals surface area contributed by atoms with Gasteiger partial charge >= 0.3 is 0 Å². The molecule has 0 unspecified atom stereocenters. The van der Waals surface area contributed by atoms with Crippen LogP contribution in [0.25, 0.3) is 0 Å². The number of benzene rings is 1. The summed E-state index contributed by atoms with van der Waals surface area (Å²) in [6, 6.07) is 8.79. The average molecular weight is 278 g/mol. The van der Waals surface area contributed by atoms with Crippen LogP contribution in [0.4, 0.5) is 0 Å². The lowest BCUT2D eigenvalue weighted by molar-refractivity contribution is 0.102. The fourth-order valence-electron chi connectivity index (χ4n) is 1.68. The zero-order valence-electron chi connectivity index (χ0n) is 10.5. The first-order valence-corrected chi connectivity index (χ1v) is 7.82. The van der Waals surface area contributed by atoms with E-state index in [0.717, 1.165) is 0 Å². The molecule has 1 aromatic heterocycles. The van der Waals surface area contributed by atoms with Gasteiger partial charge in [-0.05, 0) is 0 Å². The van der Waals surface area contributed by atoms with Crippen molar-refractivity contribution >= 4 is 15.6 Å². The molecule has 19 heavy (non-hydrogen) atoms. The number of carbonyl (C=O) groups is 1. The number of nitrogens with zero attached hydrogens (tertiary/aromatic N) is 2. The molecule has 0 saturated carbocycles. The SMILES string of the molecule is CS(=O)(=O)CCn1ccnc1C(=O)c1ccccc1. The van der Waals surface area contributed by atoms with Crippen LogP contribution >= 0.6 is 0 Å². The molecule has 0 N–H and O–H groups in total. The Hall–Kier alpha value is -1.95. The van der Waals surface area contributed by atoms with Gasteiger partial charge < -0.3 is 4.57 Å². The van der Waals surface area contributed by atoms with Crippen LogP contribution in [-0.4, -0.2) is 35.8 Å². The number of imidazole rings is 1. The summed E-state index contributed by atoms with van der Waals surface area (Å²) >= 11 is 0. The zero-order valence-corrected chi connectivity index (χ0v) is 11.3. The van der Waals surface area contributed by atoms with Crippen LogP contribution in [0.5, 0.6) is 0 Å². The second-order valence-electron chi connectivity index (χ2n) is 4.27. The van der Waals surface area contributed by atoms with Gasteiger partial charge in [-0.15, -0.1) is 0 Å². The summed E-state index contributed by atoms with van der Waals surface area (Å²) in [6.07, 6.45) is 4.28. The van der Waals surface area contributed by atoms with Crippen molar-refractivity contribution < 1.29 is 13.2 Å². The number of rotatable bonds is 5. The third-order valence-corrected chi connectivity index (χ3v) is 3.58. The number of carbonyl (C=O) groups excluding carboxylic acids is 1. The molecule has 0 atom stereocenters. The maximum atomic E-state index is 12.2. The molecule has 0 aliphatic rings. The van der Waals surface area contributed by atoms with Gasteiger partial charge in [0.05, 0.1) is 5.75 Å². The Balaban J connectivity index is 2.23. The molecule has 0 bridgehead atoms. The van der Waals surface area contributed by atoms with Crippen molar-refractivity contribution in [1.82, 2.24) is 9.55 Å². The smallest absolute Gasteiger partial charge is 0.228 e. The summed E-state index contributed by atoms with van der Waals surface area (Å²) in [5.74, 6) is 0.0345. The third-order valence-electron chi connectivity index (χ3n) is 2.66. The second-order valence-corrected chi connectivity index (χ2v) is 6.53. The molecule has 100 valence electrons. The van der Waals surface area contributed by atoms with E-state index in [1.54, 1.807) is 35.0 Å². The fraction of sp³-hybridized carbons (Fsp3) is 0.231. The number of sulfone groups is 1. The highest BCUT2D eigenvalue weighted by molar-refractivity contribution is 7.90. The standard InChI is InChI=1S/C13H14N2O3S/c1-19(17,18)10-9-15-8-7-14-13(15)12(16)11-5-3-2-4-6-11/h2-8H,9-10H2,1H3. The highest BCUT2D eigenvalue weighted by atomic mass is 32.2. The van der Waals surface area contributed by atoms with E-state index in [-0.39, 0.29) is 23.9 Å². The molecular formula is C13H14N2O3S. The summed E-state index contributed by atoms with van der Waals surface area (Å²) < 4.78 is 23.9. The van der Waals surface area contributed by atoms with Crippen LogP contribution in [0, 0.1) is 0 Å². The van der Waals surface area contributed by atoms with Crippen molar-refractivity contribution in [1.29, 1.82) is 0 Å². The van der Waals surface area contributed by atoms with E-state index in [1.807, 2.05) is 6.07 Å². The first-order valence-electron chi connectivity index (χ1n) is 5.76. The summed E-state index contributed by atoms with van der Waals surface area (Å²) in [5.41, 5.74) is 0.536. The molecule has 0 radical (unpaired) electrons. The number of aryl methyl sites for hydroxylation is 1. The summed E-state index contributed by atoms with van der Waals surface area (Å²) in [5, 5.41) is 0. The van der Waals surface area contributed by atoms with Crippen LogP contribution in [0.15, 0.2) is 42.7 Å². The van der Waals surface area contributed by atoms with Crippen LogP contribution in [0.1, 0.15) is 16.2 Å². The Morgan fingerprint density at radius 3 is 2.58 bits per heavy atom. The topological polar surface area (TPSA) is 69.0 Å². The molecule has 0 spiro atoms. The molecule has 1 heterocycles. The summed E-state index contributed by atoms with van der Waals surface area (Å²) in [6.45, 7) is 0.229. The van der Waals surface area contributed by atoms with E-state index in [0.29, 0.717) is 5.56 Å². The fourth-order valence-corrected chi connectivity index (χ4v) is 2.21. The van der Waals surface area contributed by atoms with Crippen molar-refractivity contribution in [3.63, 3.8) is 0 Å². The minimum absolute atomic E-state index is 0.0154. The third kappa shape index (κ3) is 3.51. The molecule has 2 aromatic rings. The highest BCUT2D eigenvalue weighted by Gasteiger charge is 2.15. The van der Waals surface area contributed by atoms with Crippen molar-refractivity contribution in [2.24, 2.45) is 0 Å². The van der Waals surface area contributed by atoms with E-state index in [1.165, 1.54) is 12.5 Å². The number of hydrogen-bond acceptors (Lipinski definition) is 4. The second kappa shape index (κ2) is 5.36. The Labute approximate surface area is 111 Å². The van der Waals surface area contributed by atoms with E-state index in [9.17, 15) is 13.2 Å². The van der Waals surface area contributed by atoms with E-state index < -0.39 is 9.84 Å². The molecule has 1 aromatic carbocycles. The Kier molecular flexibility index (Phi) is 3.80. The lowest BCUT2D eigenvalue weighted by Gasteiger charge is -2.06. The maximum absolute atomic E-state index is 12.2. The summed E-state index contributed by atoms with van der Waals surface area (Å²) in [7, 11) is -3.07. The molecule has 0 saturated heterocycles. The predicted molar refractivity (Wildman–Crippen MR) is 71.8 cm³/mol. The molecule has 5 nitrogen and oxygen atoms in total. The number of ketones is 1. The number of hydrogen-bond donors (Lipinski definition) is 0. The lowest BCUT2D eigenvalue weighted by Crippen LogP contribution is -2.16. The van der Waals surface area contributed by atoms with Gasteiger partial charge in [-0.3, -0.25) is 4.79 Å². The van der Waals surface area contributed by atoms with E-state index >= 15 is 0 Å². The Morgan fingerprint density at radius 2 is 1.95 bits per heavy atom. The molecule has 0 amide bonds. The minimum atomic E-state index is -3.07. The predicted octanol–water partition coefficient (Wildman–Crippen LogP) is 1.16. The molecule has 0 aliphatic heterocycles. The first-order chi connectivity index (χ1) is 8.97. The Morgan fingerprint density at radius 1 is 1.26 bits per heavy atom. The van der Waals surface area contributed by atoms with E-state index in [2.05, 4.69) is 4.98 Å². The van der Waals surface area contributed by atoms with Crippen LogP contribution in [0.3, 0.4) is 0 Å². The van der Waals surface area contributed by atoms with Gasteiger partial charge in [-0.1, -0.05) is 30.3 Å². The zero-order chi connectivity index (χ0) is 13.9. The molecule has 6 heteroatoms. The van der Waals surface area contributed by atoms with Crippen LogP contribution in [0.2, 0.25) is 0 Å². The van der Waals surface area contributed by atoms with Gasteiger partial charge in [0, 0.05) is 30.8 Å².